The first-order chi connectivity index (χ1) is 12.8. The second kappa shape index (κ2) is 12.1. The van der Waals surface area contributed by atoms with Crippen molar-refractivity contribution in [1.82, 2.24) is 10.4 Å². The Morgan fingerprint density at radius 3 is 2.44 bits per heavy atom. The molecule has 7 heteroatoms. The van der Waals surface area contributed by atoms with Crippen molar-refractivity contribution in [2.75, 3.05) is 13.2 Å². The van der Waals surface area contributed by atoms with E-state index in [1.807, 2.05) is 13.8 Å². The summed E-state index contributed by atoms with van der Waals surface area (Å²) in [5.41, 5.74) is 1.60. The molecule has 1 aliphatic rings. The summed E-state index contributed by atoms with van der Waals surface area (Å²) < 4.78 is 0. The number of carbonyl (C=O) groups is 3. The van der Waals surface area contributed by atoms with Crippen molar-refractivity contribution in [2.45, 2.75) is 78.2 Å². The third-order valence-corrected chi connectivity index (χ3v) is 5.58. The molecule has 0 saturated carbocycles. The SMILES string of the molecule is CCCCCC(CC(=O)NO)C(=O)C[C@H](C(=O)N1CCCC1CO)C(C)C. The highest BCUT2D eigenvalue weighted by atomic mass is 16.5. The summed E-state index contributed by atoms with van der Waals surface area (Å²) >= 11 is 0. The van der Waals surface area contributed by atoms with Crippen LogP contribution in [-0.2, 0) is 14.4 Å². The van der Waals surface area contributed by atoms with Gasteiger partial charge >= 0.3 is 0 Å². The standard InChI is InChI=1S/C20H36N2O5/c1-4-5-6-8-15(11-19(25)21-27)18(24)12-17(14(2)3)20(26)22-10-7-9-16(22)13-23/h14-17,23,27H,4-13H2,1-3H3,(H,21,25)/t15?,16?,17-/m0/s1. The number of rotatable bonds is 12. The molecule has 0 aromatic carbocycles. The molecule has 7 nitrogen and oxygen atoms in total. The number of hydroxylamine groups is 1. The van der Waals surface area contributed by atoms with Gasteiger partial charge < -0.3 is 10.0 Å². The molecular formula is C20H36N2O5. The largest absolute Gasteiger partial charge is 0.394 e. The summed E-state index contributed by atoms with van der Waals surface area (Å²) in [5, 5.41) is 18.3. The average Bonchev–Trinajstić information content (AvgIpc) is 3.13. The van der Waals surface area contributed by atoms with Crippen molar-refractivity contribution in [3.05, 3.63) is 0 Å². The van der Waals surface area contributed by atoms with Crippen LogP contribution in [0.5, 0.6) is 0 Å². The molecule has 27 heavy (non-hydrogen) atoms. The minimum absolute atomic E-state index is 0.00986. The number of nitrogens with zero attached hydrogens (tertiary/aromatic N) is 1. The first kappa shape index (κ1) is 23.6. The molecule has 3 atom stereocenters. The molecule has 1 heterocycles. The van der Waals surface area contributed by atoms with Crippen LogP contribution in [0.2, 0.25) is 0 Å². The average molecular weight is 385 g/mol. The lowest BCUT2D eigenvalue weighted by atomic mass is 9.83. The number of likely N-dealkylation sites (tertiary alicyclic amines) is 1. The molecule has 0 aromatic rings. The highest BCUT2D eigenvalue weighted by molar-refractivity contribution is 5.91. The van der Waals surface area contributed by atoms with Crippen LogP contribution in [0.4, 0.5) is 0 Å². The van der Waals surface area contributed by atoms with Crippen molar-refractivity contribution in [3.63, 3.8) is 0 Å². The number of carbonyl (C=O) groups excluding carboxylic acids is 3. The van der Waals surface area contributed by atoms with E-state index in [9.17, 15) is 19.5 Å². The van der Waals surface area contributed by atoms with Gasteiger partial charge in [0, 0.05) is 31.2 Å². The second-order valence-corrected chi connectivity index (χ2v) is 7.96. The first-order valence-electron chi connectivity index (χ1n) is 10.2. The summed E-state index contributed by atoms with van der Waals surface area (Å²) in [6.45, 7) is 6.48. The van der Waals surface area contributed by atoms with E-state index in [0.717, 1.165) is 32.1 Å². The molecule has 156 valence electrons. The minimum Gasteiger partial charge on any atom is -0.394 e. The van der Waals surface area contributed by atoms with Gasteiger partial charge in [0.15, 0.2) is 0 Å². The maximum absolute atomic E-state index is 13.0. The number of aliphatic hydroxyl groups excluding tert-OH is 1. The number of unbranched alkanes of at least 4 members (excludes halogenated alkanes) is 2. The van der Waals surface area contributed by atoms with E-state index in [-0.39, 0.29) is 43.1 Å². The van der Waals surface area contributed by atoms with Gasteiger partial charge in [0.2, 0.25) is 11.8 Å². The van der Waals surface area contributed by atoms with Crippen LogP contribution in [0.25, 0.3) is 0 Å². The van der Waals surface area contributed by atoms with Crippen molar-refractivity contribution >= 4 is 17.6 Å². The number of aliphatic hydroxyl groups is 1. The molecule has 1 saturated heterocycles. The van der Waals surface area contributed by atoms with Gasteiger partial charge in [0.1, 0.15) is 5.78 Å². The van der Waals surface area contributed by atoms with Gasteiger partial charge in [0.25, 0.3) is 0 Å². The lowest BCUT2D eigenvalue weighted by Gasteiger charge is -2.30. The third kappa shape index (κ3) is 7.22. The summed E-state index contributed by atoms with van der Waals surface area (Å²) in [7, 11) is 0. The quantitative estimate of drug-likeness (QED) is 0.272. The Morgan fingerprint density at radius 1 is 1.19 bits per heavy atom. The molecule has 1 fully saturated rings. The molecular weight excluding hydrogens is 348 g/mol. The summed E-state index contributed by atoms with van der Waals surface area (Å²) in [6.07, 6.45) is 5.11. The van der Waals surface area contributed by atoms with Gasteiger partial charge in [-0.3, -0.25) is 19.6 Å². The fraction of sp³-hybridized carbons (Fsp3) is 0.850. The molecule has 0 bridgehead atoms. The third-order valence-electron chi connectivity index (χ3n) is 5.58. The molecule has 3 N–H and O–H groups in total. The Bertz CT molecular complexity index is 495. The number of amides is 2. The second-order valence-electron chi connectivity index (χ2n) is 7.96. The summed E-state index contributed by atoms with van der Waals surface area (Å²) in [5.74, 6) is -1.68. The van der Waals surface area contributed by atoms with Crippen LogP contribution in [0.3, 0.4) is 0 Å². The number of ketones is 1. The van der Waals surface area contributed by atoms with E-state index in [0.29, 0.717) is 13.0 Å². The van der Waals surface area contributed by atoms with Gasteiger partial charge in [-0.2, -0.15) is 0 Å². The predicted octanol–water partition coefficient (Wildman–Crippen LogP) is 2.29. The first-order valence-corrected chi connectivity index (χ1v) is 10.2. The van der Waals surface area contributed by atoms with Gasteiger partial charge in [-0.1, -0.05) is 40.0 Å². The van der Waals surface area contributed by atoms with E-state index in [2.05, 4.69) is 6.92 Å². The zero-order valence-electron chi connectivity index (χ0n) is 16.9. The maximum Gasteiger partial charge on any atom is 0.244 e. The van der Waals surface area contributed by atoms with Crippen LogP contribution in [0.15, 0.2) is 0 Å². The lowest BCUT2D eigenvalue weighted by Crippen LogP contribution is -2.43. The van der Waals surface area contributed by atoms with Crippen LogP contribution in [-0.4, -0.2) is 52.0 Å². The van der Waals surface area contributed by atoms with Crippen LogP contribution in [0.1, 0.15) is 72.1 Å². The number of nitrogens with one attached hydrogen (secondary N) is 1. The van der Waals surface area contributed by atoms with E-state index < -0.39 is 17.7 Å². The highest BCUT2D eigenvalue weighted by Crippen LogP contribution is 2.27. The van der Waals surface area contributed by atoms with E-state index in [1.165, 1.54) is 0 Å². The molecule has 2 unspecified atom stereocenters. The van der Waals surface area contributed by atoms with Gasteiger partial charge in [-0.25, -0.2) is 5.48 Å². The van der Waals surface area contributed by atoms with E-state index in [1.54, 1.807) is 10.4 Å². The number of hydrogen-bond acceptors (Lipinski definition) is 5. The Hall–Kier alpha value is -1.47. The monoisotopic (exact) mass is 384 g/mol. The van der Waals surface area contributed by atoms with Crippen molar-refractivity contribution in [1.29, 1.82) is 0 Å². The Balaban J connectivity index is 2.82. The molecule has 2 amide bonds. The smallest absolute Gasteiger partial charge is 0.244 e. The fourth-order valence-electron chi connectivity index (χ4n) is 3.81. The van der Waals surface area contributed by atoms with Crippen molar-refractivity contribution in [3.8, 4) is 0 Å². The van der Waals surface area contributed by atoms with Crippen LogP contribution in [0, 0.1) is 17.8 Å². The molecule has 1 aliphatic heterocycles. The van der Waals surface area contributed by atoms with E-state index >= 15 is 0 Å². The molecule has 0 aliphatic carbocycles. The molecule has 0 radical (unpaired) electrons. The van der Waals surface area contributed by atoms with E-state index in [4.69, 9.17) is 5.21 Å². The lowest BCUT2D eigenvalue weighted by molar-refractivity contribution is -0.142. The topological polar surface area (TPSA) is 107 Å². The minimum atomic E-state index is -0.572. The highest BCUT2D eigenvalue weighted by Gasteiger charge is 2.36. The molecule has 0 aromatic heterocycles. The van der Waals surface area contributed by atoms with Crippen LogP contribution < -0.4 is 5.48 Å². The van der Waals surface area contributed by atoms with Crippen molar-refractivity contribution < 1.29 is 24.7 Å². The fourth-order valence-corrected chi connectivity index (χ4v) is 3.81. The Morgan fingerprint density at radius 2 is 1.89 bits per heavy atom. The summed E-state index contributed by atoms with van der Waals surface area (Å²) in [6, 6.07) is -0.158. The van der Waals surface area contributed by atoms with Crippen molar-refractivity contribution in [2.24, 2.45) is 17.8 Å². The summed E-state index contributed by atoms with van der Waals surface area (Å²) in [4.78, 5) is 39.2. The normalized spacial score (nSPS) is 19.2. The van der Waals surface area contributed by atoms with Gasteiger partial charge in [-0.05, 0) is 25.2 Å². The molecule has 0 spiro atoms. The number of hydrogen-bond donors (Lipinski definition) is 3. The Kier molecular flexibility index (Phi) is 10.5. The molecule has 1 rings (SSSR count). The zero-order valence-corrected chi connectivity index (χ0v) is 16.9. The zero-order chi connectivity index (χ0) is 20.4. The number of Topliss-reactive ketones (excluding diaryl/α,β-unsaturated/α-hetero) is 1. The van der Waals surface area contributed by atoms with Crippen LogP contribution >= 0.6 is 0 Å². The Labute approximate surface area is 162 Å². The maximum atomic E-state index is 13.0. The predicted molar refractivity (Wildman–Crippen MR) is 102 cm³/mol. The van der Waals surface area contributed by atoms with Gasteiger partial charge in [0.05, 0.1) is 12.6 Å². The van der Waals surface area contributed by atoms with Gasteiger partial charge in [-0.15, -0.1) is 0 Å².